The molecule has 1 atom stereocenters. The van der Waals surface area contributed by atoms with E-state index in [2.05, 4.69) is 25.1 Å². The van der Waals surface area contributed by atoms with E-state index >= 15 is 0 Å². The van der Waals surface area contributed by atoms with Gasteiger partial charge >= 0.3 is 0 Å². The molecule has 0 amide bonds. The van der Waals surface area contributed by atoms with Crippen LogP contribution in [0.3, 0.4) is 0 Å². The first-order valence-corrected chi connectivity index (χ1v) is 11.0. The molecule has 0 spiro atoms. The second-order valence-corrected chi connectivity index (χ2v) is 8.19. The summed E-state index contributed by atoms with van der Waals surface area (Å²) in [5.74, 6) is 0.652. The summed E-state index contributed by atoms with van der Waals surface area (Å²) in [6.45, 7) is 2.18. The van der Waals surface area contributed by atoms with Gasteiger partial charge in [0.05, 0.1) is 17.2 Å². The van der Waals surface area contributed by atoms with Crippen molar-refractivity contribution >= 4 is 5.78 Å². The molecule has 1 aromatic carbocycles. The minimum atomic E-state index is -0.571. The van der Waals surface area contributed by atoms with Crippen molar-refractivity contribution < 1.29 is 9.90 Å². The van der Waals surface area contributed by atoms with Gasteiger partial charge in [-0.1, -0.05) is 56.9 Å². The molecule has 0 radical (unpaired) electrons. The summed E-state index contributed by atoms with van der Waals surface area (Å²) in [6.07, 6.45) is 13.3. The number of aliphatic hydroxyl groups excluding tert-OH is 1. The molecule has 0 bridgehead atoms. The molecule has 3 heteroatoms. The van der Waals surface area contributed by atoms with Crippen LogP contribution in [0.4, 0.5) is 0 Å². The highest BCUT2D eigenvalue weighted by Gasteiger charge is 2.38. The summed E-state index contributed by atoms with van der Waals surface area (Å²) in [7, 11) is 0. The van der Waals surface area contributed by atoms with Crippen molar-refractivity contribution in [1.29, 1.82) is 5.26 Å². The summed E-state index contributed by atoms with van der Waals surface area (Å²) < 4.78 is 0. The molecular formula is C25H35NO2. The Hall–Kier alpha value is -2.08. The van der Waals surface area contributed by atoms with E-state index < -0.39 is 5.41 Å². The quantitative estimate of drug-likeness (QED) is 0.346. The number of aryl methyl sites for hydroxylation is 1. The Kier molecular flexibility index (Phi) is 9.28. The fourth-order valence-electron chi connectivity index (χ4n) is 4.30. The number of benzene rings is 1. The van der Waals surface area contributed by atoms with Gasteiger partial charge in [0.15, 0.2) is 0 Å². The van der Waals surface area contributed by atoms with E-state index in [1.807, 2.05) is 18.2 Å². The number of nitrogens with zero attached hydrogens (tertiary/aromatic N) is 1. The average Bonchev–Trinajstić information content (AvgIpc) is 2.69. The molecule has 1 fully saturated rings. The van der Waals surface area contributed by atoms with Crippen molar-refractivity contribution in [3.05, 3.63) is 47.2 Å². The lowest BCUT2D eigenvalue weighted by molar-refractivity contribution is -0.128. The number of allylic oxidation sites excluding steroid dienone is 2. The molecule has 2 rings (SSSR count). The smallest absolute Gasteiger partial charge is 0.143 e. The lowest BCUT2D eigenvalue weighted by Gasteiger charge is -2.34. The summed E-state index contributed by atoms with van der Waals surface area (Å²) in [6, 6.07) is 10.5. The second kappa shape index (κ2) is 11.7. The van der Waals surface area contributed by atoms with Crippen LogP contribution >= 0.6 is 0 Å². The van der Waals surface area contributed by atoms with Gasteiger partial charge in [-0.05, 0) is 55.7 Å². The molecule has 1 aromatic rings. The maximum absolute atomic E-state index is 13.0. The van der Waals surface area contributed by atoms with E-state index in [1.54, 1.807) is 0 Å². The minimum Gasteiger partial charge on any atom is -0.513 e. The first-order chi connectivity index (χ1) is 13.6. The van der Waals surface area contributed by atoms with Crippen LogP contribution in [0.2, 0.25) is 0 Å². The van der Waals surface area contributed by atoms with E-state index in [1.165, 1.54) is 24.0 Å². The molecule has 1 aliphatic carbocycles. The van der Waals surface area contributed by atoms with Crippen molar-refractivity contribution in [1.82, 2.24) is 0 Å². The van der Waals surface area contributed by atoms with Crippen LogP contribution in [0.1, 0.15) is 88.7 Å². The fourth-order valence-corrected chi connectivity index (χ4v) is 4.30. The van der Waals surface area contributed by atoms with Gasteiger partial charge in [0.25, 0.3) is 0 Å². The van der Waals surface area contributed by atoms with Gasteiger partial charge in [-0.15, -0.1) is 0 Å². The Morgan fingerprint density at radius 3 is 2.68 bits per heavy atom. The highest BCUT2D eigenvalue weighted by molar-refractivity contribution is 5.87. The molecule has 0 heterocycles. The molecule has 1 aliphatic rings. The maximum Gasteiger partial charge on any atom is 0.143 e. The van der Waals surface area contributed by atoms with E-state index in [0.717, 1.165) is 44.9 Å². The van der Waals surface area contributed by atoms with Crippen LogP contribution in [-0.2, 0) is 17.6 Å². The molecule has 28 heavy (non-hydrogen) atoms. The van der Waals surface area contributed by atoms with Crippen LogP contribution in [0.5, 0.6) is 0 Å². The SMILES string of the molecule is CCCCCC/C(O)=C\[C@@]1(Cc2ccccc2CCCC#N)CCCCC1=O. The number of ketones is 1. The minimum absolute atomic E-state index is 0.269. The Morgan fingerprint density at radius 2 is 1.96 bits per heavy atom. The number of carbonyl (C=O) groups excluding carboxylic acids is 1. The van der Waals surface area contributed by atoms with Gasteiger partial charge in [-0.25, -0.2) is 0 Å². The van der Waals surface area contributed by atoms with Crippen LogP contribution in [0, 0.1) is 16.7 Å². The predicted molar refractivity (Wildman–Crippen MR) is 114 cm³/mol. The first kappa shape index (κ1) is 22.2. The number of rotatable bonds is 11. The zero-order valence-electron chi connectivity index (χ0n) is 17.4. The Labute approximate surface area is 170 Å². The van der Waals surface area contributed by atoms with E-state index in [0.29, 0.717) is 31.4 Å². The average molecular weight is 382 g/mol. The van der Waals surface area contributed by atoms with Crippen LogP contribution in [-0.4, -0.2) is 10.9 Å². The van der Waals surface area contributed by atoms with E-state index in [9.17, 15) is 9.90 Å². The summed E-state index contributed by atoms with van der Waals surface area (Å²) in [5.41, 5.74) is 1.84. The third-order valence-corrected chi connectivity index (χ3v) is 5.92. The standard InChI is InChI=1S/C25H35NO2/c1-2-3-4-5-15-23(27)20-25(17-10-8-16-24(25)28)19-22-14-7-6-12-21(22)13-9-11-18-26/h6-7,12,14,20,27H,2-5,8-11,13,15-17,19H2,1H3/b23-20+/t25-/m0/s1. The van der Waals surface area contributed by atoms with E-state index in [-0.39, 0.29) is 5.78 Å². The normalized spacial score (nSPS) is 20.1. The molecule has 0 saturated heterocycles. The largest absolute Gasteiger partial charge is 0.513 e. The number of aliphatic hydroxyl groups is 1. The van der Waals surface area contributed by atoms with Crippen molar-refractivity contribution in [3.63, 3.8) is 0 Å². The first-order valence-electron chi connectivity index (χ1n) is 11.0. The third-order valence-electron chi connectivity index (χ3n) is 5.92. The highest BCUT2D eigenvalue weighted by atomic mass is 16.3. The molecular weight excluding hydrogens is 346 g/mol. The van der Waals surface area contributed by atoms with Crippen molar-refractivity contribution in [2.45, 2.75) is 90.4 Å². The number of unbranched alkanes of at least 4 members (excludes halogenated alkanes) is 4. The van der Waals surface area contributed by atoms with Gasteiger partial charge in [0.2, 0.25) is 0 Å². The van der Waals surface area contributed by atoms with Crippen LogP contribution in [0.25, 0.3) is 0 Å². The number of hydrogen-bond acceptors (Lipinski definition) is 3. The lowest BCUT2D eigenvalue weighted by atomic mass is 9.68. The number of carbonyl (C=O) groups is 1. The van der Waals surface area contributed by atoms with Gasteiger partial charge in [0, 0.05) is 19.3 Å². The van der Waals surface area contributed by atoms with Gasteiger partial charge in [-0.2, -0.15) is 5.26 Å². The predicted octanol–water partition coefficient (Wildman–Crippen LogP) is 6.62. The Morgan fingerprint density at radius 1 is 1.18 bits per heavy atom. The molecule has 1 N–H and O–H groups in total. The zero-order chi connectivity index (χ0) is 20.2. The summed E-state index contributed by atoms with van der Waals surface area (Å²) in [5, 5.41) is 19.4. The molecule has 0 aromatic heterocycles. The van der Waals surface area contributed by atoms with Gasteiger partial charge in [-0.3, -0.25) is 4.79 Å². The zero-order valence-corrected chi connectivity index (χ0v) is 17.4. The maximum atomic E-state index is 13.0. The van der Waals surface area contributed by atoms with E-state index in [4.69, 9.17) is 5.26 Å². The number of nitriles is 1. The molecule has 0 unspecified atom stereocenters. The van der Waals surface area contributed by atoms with Crippen molar-refractivity contribution in [2.75, 3.05) is 0 Å². The Balaban J connectivity index is 2.20. The third kappa shape index (κ3) is 6.51. The fraction of sp³-hybridized carbons (Fsp3) is 0.600. The molecule has 1 saturated carbocycles. The van der Waals surface area contributed by atoms with Crippen LogP contribution in [0.15, 0.2) is 36.1 Å². The van der Waals surface area contributed by atoms with Crippen molar-refractivity contribution in [2.24, 2.45) is 5.41 Å². The monoisotopic (exact) mass is 381 g/mol. The molecule has 0 aliphatic heterocycles. The summed E-state index contributed by atoms with van der Waals surface area (Å²) in [4.78, 5) is 13.0. The molecule has 3 nitrogen and oxygen atoms in total. The molecule has 152 valence electrons. The number of Topliss-reactive ketones (excluding diaryl/α,β-unsaturated/α-hetero) is 1. The van der Waals surface area contributed by atoms with Gasteiger partial charge in [0.1, 0.15) is 5.78 Å². The topological polar surface area (TPSA) is 61.1 Å². The van der Waals surface area contributed by atoms with Crippen molar-refractivity contribution in [3.8, 4) is 6.07 Å². The number of hydrogen-bond donors (Lipinski definition) is 1. The van der Waals surface area contributed by atoms with Gasteiger partial charge < -0.3 is 5.11 Å². The Bertz CT molecular complexity index is 701. The van der Waals surface area contributed by atoms with Crippen LogP contribution < -0.4 is 0 Å². The second-order valence-electron chi connectivity index (χ2n) is 8.19. The summed E-state index contributed by atoms with van der Waals surface area (Å²) >= 11 is 0. The highest BCUT2D eigenvalue weighted by Crippen LogP contribution is 2.40. The lowest BCUT2D eigenvalue weighted by Crippen LogP contribution is -2.35.